The van der Waals surface area contributed by atoms with E-state index in [9.17, 15) is 14.3 Å². The molecule has 25 heavy (non-hydrogen) atoms. The van der Waals surface area contributed by atoms with Crippen LogP contribution in [0, 0.1) is 11.7 Å². The highest BCUT2D eigenvalue weighted by Gasteiger charge is 2.47. The molecule has 0 aliphatic carbocycles. The van der Waals surface area contributed by atoms with Crippen molar-refractivity contribution in [2.24, 2.45) is 5.92 Å². The molecule has 2 atom stereocenters. The van der Waals surface area contributed by atoms with Gasteiger partial charge in [-0.05, 0) is 48.4 Å². The molecule has 1 aliphatic rings. The fraction of sp³-hybridized carbons (Fsp3) is 0.263. The molecular weight excluding hydrogens is 325 g/mol. The second-order valence-corrected chi connectivity index (χ2v) is 5.70. The lowest BCUT2D eigenvalue weighted by atomic mass is 9.79. The van der Waals surface area contributed by atoms with Crippen LogP contribution in [0.2, 0.25) is 0 Å². The molecule has 0 unspecified atom stereocenters. The Labute approximate surface area is 144 Å². The average molecular weight is 343 g/mol. The molecule has 2 aromatic carbocycles. The standard InChI is InChI=1S/C18H18FNO2.CO2/c1-2-3-16-17(12-4-10-15(21)11-5-12)20(18(16)22)14-8-6-13(19)7-9-14;2-1-3/h4-11,16-17,21H,2-3H2,1H3;/t16-,17-;/m1./s1. The number of rotatable bonds is 4. The van der Waals surface area contributed by atoms with Gasteiger partial charge in [-0.2, -0.15) is 9.59 Å². The van der Waals surface area contributed by atoms with Crippen LogP contribution in [0.4, 0.5) is 10.1 Å². The minimum atomic E-state index is -0.317. The molecular formula is C19H18FNO4. The Morgan fingerprint density at radius 1 is 1.08 bits per heavy atom. The highest BCUT2D eigenvalue weighted by Crippen LogP contribution is 2.45. The van der Waals surface area contributed by atoms with Crippen LogP contribution in [0.5, 0.6) is 5.75 Å². The maximum Gasteiger partial charge on any atom is 0.373 e. The maximum absolute atomic E-state index is 13.1. The van der Waals surface area contributed by atoms with Crippen molar-refractivity contribution >= 4 is 17.7 Å². The number of anilines is 1. The smallest absolute Gasteiger partial charge is 0.373 e. The zero-order chi connectivity index (χ0) is 18.4. The largest absolute Gasteiger partial charge is 0.508 e. The Hall–Kier alpha value is -2.98. The molecule has 1 saturated heterocycles. The van der Waals surface area contributed by atoms with Crippen molar-refractivity contribution in [3.63, 3.8) is 0 Å². The van der Waals surface area contributed by atoms with E-state index in [2.05, 4.69) is 6.92 Å². The van der Waals surface area contributed by atoms with Crippen molar-refractivity contribution in [1.82, 2.24) is 0 Å². The number of β-lactam (4-membered cyclic amide) rings is 1. The molecule has 0 aromatic heterocycles. The van der Waals surface area contributed by atoms with Crippen molar-refractivity contribution < 1.29 is 23.9 Å². The summed E-state index contributed by atoms with van der Waals surface area (Å²) < 4.78 is 13.1. The van der Waals surface area contributed by atoms with Gasteiger partial charge in [0.25, 0.3) is 0 Å². The number of carbonyl (C=O) groups excluding carboxylic acids is 3. The number of halogens is 1. The van der Waals surface area contributed by atoms with Crippen LogP contribution in [0.3, 0.4) is 0 Å². The van der Waals surface area contributed by atoms with Gasteiger partial charge in [-0.15, -0.1) is 0 Å². The first-order valence-electron chi connectivity index (χ1n) is 7.90. The lowest BCUT2D eigenvalue weighted by molar-refractivity contribution is -0.191. The van der Waals surface area contributed by atoms with Gasteiger partial charge in [-0.1, -0.05) is 25.5 Å². The first kappa shape index (κ1) is 18.4. The van der Waals surface area contributed by atoms with Crippen molar-refractivity contribution in [1.29, 1.82) is 0 Å². The predicted molar refractivity (Wildman–Crippen MR) is 88.1 cm³/mol. The van der Waals surface area contributed by atoms with Crippen LogP contribution in [-0.4, -0.2) is 17.2 Å². The van der Waals surface area contributed by atoms with Crippen molar-refractivity contribution in [2.75, 3.05) is 4.90 Å². The van der Waals surface area contributed by atoms with Gasteiger partial charge in [0.15, 0.2) is 0 Å². The topological polar surface area (TPSA) is 74.7 Å². The summed E-state index contributed by atoms with van der Waals surface area (Å²) in [5.74, 6) is -0.0936. The number of amides is 1. The van der Waals surface area contributed by atoms with Crippen molar-refractivity contribution in [3.05, 3.63) is 59.9 Å². The molecule has 6 heteroatoms. The minimum Gasteiger partial charge on any atom is -0.508 e. The van der Waals surface area contributed by atoms with E-state index in [1.165, 1.54) is 12.1 Å². The van der Waals surface area contributed by atoms with E-state index in [-0.39, 0.29) is 35.6 Å². The van der Waals surface area contributed by atoms with Crippen LogP contribution in [0.1, 0.15) is 31.4 Å². The molecule has 0 radical (unpaired) electrons. The third kappa shape index (κ3) is 3.92. The Kier molecular flexibility index (Phi) is 6.03. The third-order valence-electron chi connectivity index (χ3n) is 4.15. The SMILES string of the molecule is CCC[C@H]1C(=O)N(c2ccc(F)cc2)[C@@H]1c1ccc(O)cc1.O=C=O. The fourth-order valence-electron chi connectivity index (χ4n) is 3.08. The lowest BCUT2D eigenvalue weighted by Gasteiger charge is -2.47. The first-order valence-corrected chi connectivity index (χ1v) is 7.90. The number of phenolic OH excluding ortho intramolecular Hbond substituents is 1. The lowest BCUT2D eigenvalue weighted by Crippen LogP contribution is -2.55. The van der Waals surface area contributed by atoms with Gasteiger partial charge in [0.05, 0.1) is 12.0 Å². The van der Waals surface area contributed by atoms with Gasteiger partial charge >= 0.3 is 6.15 Å². The number of aromatic hydroxyl groups is 1. The van der Waals surface area contributed by atoms with Crippen LogP contribution in [0.25, 0.3) is 0 Å². The maximum atomic E-state index is 13.1. The van der Waals surface area contributed by atoms with Crippen LogP contribution >= 0.6 is 0 Å². The second kappa shape index (κ2) is 8.22. The second-order valence-electron chi connectivity index (χ2n) is 5.70. The van der Waals surface area contributed by atoms with E-state index >= 15 is 0 Å². The summed E-state index contributed by atoms with van der Waals surface area (Å²) >= 11 is 0. The van der Waals surface area contributed by atoms with Crippen molar-refractivity contribution in [2.45, 2.75) is 25.8 Å². The number of phenols is 1. The van der Waals surface area contributed by atoms with E-state index in [4.69, 9.17) is 9.59 Å². The predicted octanol–water partition coefficient (Wildman–Crippen LogP) is 3.45. The Bertz CT molecular complexity index is 752. The summed E-state index contributed by atoms with van der Waals surface area (Å²) in [5, 5.41) is 9.44. The molecule has 130 valence electrons. The summed E-state index contributed by atoms with van der Waals surface area (Å²) in [6.45, 7) is 2.06. The molecule has 0 saturated carbocycles. The summed E-state index contributed by atoms with van der Waals surface area (Å²) in [7, 11) is 0. The van der Waals surface area contributed by atoms with Crippen molar-refractivity contribution in [3.8, 4) is 5.75 Å². The van der Waals surface area contributed by atoms with Crippen LogP contribution < -0.4 is 4.90 Å². The summed E-state index contributed by atoms with van der Waals surface area (Å²) in [4.78, 5) is 30.4. The zero-order valence-electron chi connectivity index (χ0n) is 13.7. The average Bonchev–Trinajstić information content (AvgIpc) is 2.60. The van der Waals surface area contributed by atoms with Gasteiger partial charge < -0.3 is 10.0 Å². The molecule has 1 N–H and O–H groups in total. The summed E-state index contributed by atoms with van der Waals surface area (Å²) in [5.41, 5.74) is 1.69. The number of hydrogen-bond acceptors (Lipinski definition) is 4. The quantitative estimate of drug-likeness (QED) is 0.863. The third-order valence-corrected chi connectivity index (χ3v) is 4.15. The molecule has 0 bridgehead atoms. The van der Waals surface area contributed by atoms with E-state index < -0.39 is 0 Å². The monoisotopic (exact) mass is 343 g/mol. The molecule has 1 amide bonds. The normalized spacial score (nSPS) is 18.6. The van der Waals surface area contributed by atoms with Crippen LogP contribution in [-0.2, 0) is 14.4 Å². The highest BCUT2D eigenvalue weighted by atomic mass is 19.1. The molecule has 1 heterocycles. The number of hydrogen-bond donors (Lipinski definition) is 1. The molecule has 3 rings (SSSR count). The Morgan fingerprint density at radius 2 is 1.64 bits per heavy atom. The molecule has 1 aliphatic heterocycles. The summed E-state index contributed by atoms with van der Waals surface area (Å²) in [6, 6.07) is 12.9. The van der Waals surface area contributed by atoms with Gasteiger partial charge in [0, 0.05) is 5.69 Å². The van der Waals surface area contributed by atoms with Crippen LogP contribution in [0.15, 0.2) is 48.5 Å². The minimum absolute atomic E-state index is 0.0559. The number of nitrogens with zero attached hydrogens (tertiary/aromatic N) is 1. The highest BCUT2D eigenvalue weighted by molar-refractivity contribution is 6.03. The van der Waals surface area contributed by atoms with Gasteiger partial charge in [-0.25, -0.2) is 4.39 Å². The molecule has 0 spiro atoms. The van der Waals surface area contributed by atoms with E-state index in [1.54, 1.807) is 29.2 Å². The Balaban J connectivity index is 0.000000701. The van der Waals surface area contributed by atoms with Gasteiger partial charge in [0.1, 0.15) is 11.6 Å². The number of benzene rings is 2. The summed E-state index contributed by atoms with van der Waals surface area (Å²) in [6.07, 6.45) is 2.00. The van der Waals surface area contributed by atoms with Gasteiger partial charge in [0.2, 0.25) is 5.91 Å². The molecule has 2 aromatic rings. The fourth-order valence-corrected chi connectivity index (χ4v) is 3.08. The number of carbonyl (C=O) groups is 1. The van der Waals surface area contributed by atoms with Gasteiger partial charge in [-0.3, -0.25) is 4.79 Å². The molecule has 1 fully saturated rings. The van der Waals surface area contributed by atoms with E-state index in [1.807, 2.05) is 12.1 Å². The first-order chi connectivity index (χ1) is 12.0. The zero-order valence-corrected chi connectivity index (χ0v) is 13.7. The van der Waals surface area contributed by atoms with E-state index in [0.29, 0.717) is 5.69 Å². The Morgan fingerprint density at radius 3 is 2.16 bits per heavy atom. The molecule has 5 nitrogen and oxygen atoms in total. The van der Waals surface area contributed by atoms with E-state index in [0.717, 1.165) is 18.4 Å².